The molecule has 0 unspecified atom stereocenters. The summed E-state index contributed by atoms with van der Waals surface area (Å²) < 4.78 is 158. The quantitative estimate of drug-likeness (QED) is 0.0415. The summed E-state index contributed by atoms with van der Waals surface area (Å²) in [5.74, 6) is -3.89. The maximum Gasteiger partial charge on any atom is 1.00 e. The van der Waals surface area contributed by atoms with Crippen molar-refractivity contribution in [1.82, 2.24) is 22.5 Å². The van der Waals surface area contributed by atoms with E-state index in [-0.39, 0.29) is 249 Å². The van der Waals surface area contributed by atoms with E-state index in [1.165, 1.54) is 0 Å². The molecule has 1 aliphatic heterocycles. The Morgan fingerprint density at radius 3 is 0.727 bits per heavy atom. The number of hydrogen-bond donors (Lipinski definition) is 5. The number of hydrogen-bond acceptors (Lipinski definition) is 22. The summed E-state index contributed by atoms with van der Waals surface area (Å²) in [7, 11) is -22.3. The van der Waals surface area contributed by atoms with Gasteiger partial charge in [-0.25, -0.2) is 42.1 Å². The van der Waals surface area contributed by atoms with E-state index in [0.717, 1.165) is 18.1 Å². The normalized spacial score (nSPS) is 9.75. The van der Waals surface area contributed by atoms with Gasteiger partial charge >= 0.3 is 148 Å². The van der Waals surface area contributed by atoms with Crippen molar-refractivity contribution in [2.24, 2.45) is 0 Å². The summed E-state index contributed by atoms with van der Waals surface area (Å²) in [5.41, 5.74) is 0. The molecule has 0 saturated carbocycles. The monoisotopic (exact) mass is 972 g/mol. The van der Waals surface area contributed by atoms with Gasteiger partial charge in [0.15, 0.2) is 0 Å². The maximum atomic E-state index is 10.4. The first-order valence-electron chi connectivity index (χ1n) is 10.3. The van der Waals surface area contributed by atoms with Gasteiger partial charge in [0.2, 0.25) is 0 Å². The van der Waals surface area contributed by atoms with Gasteiger partial charge in [-0.1, -0.05) is 52.0 Å². The molecule has 0 aromatic carbocycles. The van der Waals surface area contributed by atoms with Crippen LogP contribution in [0.2, 0.25) is 0 Å². The van der Waals surface area contributed by atoms with E-state index in [4.69, 9.17) is 10.2 Å². The zero-order valence-corrected chi connectivity index (χ0v) is 41.8. The van der Waals surface area contributed by atoms with Crippen LogP contribution >= 0.6 is 0 Å². The van der Waals surface area contributed by atoms with Gasteiger partial charge in [-0.3, -0.25) is 0 Å². The molecule has 0 amide bonds. The SMILES string of the molecule is C.C.C.C.C.C.C.C1CO1.N.N.O.O.O=S(=O)([O-])CCN(CCS(=O)(=O)[O-])CCS(=O)(=O)[O-].O=S(=O)([O-])CCNCCS(=O)(=O)[O-].OCCO.[Na+].[Na+].[Na+].[Na+].[Na+]. The molecule has 1 heterocycles. The fourth-order valence-corrected chi connectivity index (χ4v) is 3.81. The molecule has 13 N–H and O–H groups in total. The Labute approximate surface area is 445 Å². The third-order valence-electron chi connectivity index (χ3n) is 3.33. The summed E-state index contributed by atoms with van der Waals surface area (Å²) >= 11 is 0. The van der Waals surface area contributed by atoms with Gasteiger partial charge in [0.25, 0.3) is 0 Å². The van der Waals surface area contributed by atoms with E-state index < -0.39 is 99.0 Å². The minimum atomic E-state index is -4.57. The van der Waals surface area contributed by atoms with Crippen LogP contribution in [0.1, 0.15) is 52.0 Å². The predicted molar refractivity (Wildman–Crippen MR) is 192 cm³/mol. The molecule has 34 heteroatoms. The van der Waals surface area contributed by atoms with E-state index in [2.05, 4.69) is 10.1 Å². The minimum absolute atomic E-state index is 0. The second-order valence-electron chi connectivity index (χ2n) is 6.96. The van der Waals surface area contributed by atoms with Crippen molar-refractivity contribution in [2.45, 2.75) is 52.0 Å². The molecule has 0 radical (unpaired) electrons. The first kappa shape index (κ1) is 124. The van der Waals surface area contributed by atoms with Crippen LogP contribution in [0.25, 0.3) is 0 Å². The van der Waals surface area contributed by atoms with Crippen molar-refractivity contribution in [2.75, 3.05) is 87.9 Å². The Hall–Kier alpha value is 4.19. The average Bonchev–Trinajstić information content (AvgIpc) is 3.59. The van der Waals surface area contributed by atoms with Crippen LogP contribution in [-0.2, 0) is 55.3 Å². The summed E-state index contributed by atoms with van der Waals surface area (Å²) in [4.78, 5) is 0.945. The number of rotatable bonds is 16. The third-order valence-corrected chi connectivity index (χ3v) is 6.79. The van der Waals surface area contributed by atoms with Crippen LogP contribution in [0.5, 0.6) is 0 Å². The smallest absolute Gasteiger partial charge is 0.748 e. The van der Waals surface area contributed by atoms with E-state index in [1.807, 2.05) is 0 Å². The molecule has 1 fully saturated rings. The van der Waals surface area contributed by atoms with Crippen LogP contribution in [0, 0.1) is 0 Å². The van der Waals surface area contributed by atoms with Crippen molar-refractivity contribution in [1.29, 1.82) is 0 Å². The van der Waals surface area contributed by atoms with E-state index >= 15 is 0 Å². The van der Waals surface area contributed by atoms with Gasteiger partial charge in [-0.15, -0.1) is 0 Å². The van der Waals surface area contributed by atoms with Crippen LogP contribution in [0.4, 0.5) is 0 Å². The van der Waals surface area contributed by atoms with Gasteiger partial charge in [0.1, 0.15) is 0 Å². The zero-order valence-electron chi connectivity index (χ0n) is 27.7. The molecule has 0 aliphatic carbocycles. The molecule has 0 spiro atoms. The zero-order chi connectivity index (χ0) is 31.4. The summed E-state index contributed by atoms with van der Waals surface area (Å²) in [5, 5.41) is 17.6. The average molecular weight is 973 g/mol. The molecule has 55 heavy (non-hydrogen) atoms. The van der Waals surface area contributed by atoms with Crippen molar-refractivity contribution in [3.63, 3.8) is 0 Å². The van der Waals surface area contributed by atoms with Crippen LogP contribution in [-0.4, -0.2) is 179 Å². The fourth-order valence-electron chi connectivity index (χ4n) is 1.58. The number of aliphatic hydroxyl groups excluding tert-OH is 2. The van der Waals surface area contributed by atoms with Gasteiger partial charge in [-0.05, 0) is 0 Å². The van der Waals surface area contributed by atoms with Crippen molar-refractivity contribution in [3.8, 4) is 0 Å². The Morgan fingerprint density at radius 1 is 0.455 bits per heavy atom. The molecule has 328 valence electrons. The van der Waals surface area contributed by atoms with Gasteiger partial charge < -0.3 is 71.2 Å². The Morgan fingerprint density at radius 2 is 0.618 bits per heavy atom. The maximum absolute atomic E-state index is 10.4. The molecule has 0 aromatic rings. The molecule has 0 bridgehead atoms. The minimum Gasteiger partial charge on any atom is -0.748 e. The first-order chi connectivity index (χ1) is 17.4. The topological polar surface area (TPSA) is 487 Å². The molecule has 0 aromatic heterocycles. The first-order valence-corrected chi connectivity index (χ1v) is 18.2. The van der Waals surface area contributed by atoms with Crippen LogP contribution in [0.3, 0.4) is 0 Å². The number of nitrogens with one attached hydrogen (secondary N) is 1. The molecular weight excluding hydrogens is 904 g/mol. The van der Waals surface area contributed by atoms with Gasteiger partial charge in [-0.2, -0.15) is 0 Å². The van der Waals surface area contributed by atoms with Gasteiger partial charge in [0.05, 0.1) is 106 Å². The summed E-state index contributed by atoms with van der Waals surface area (Å²) in [6, 6.07) is 0. The fraction of sp³-hybridized carbons (Fsp3) is 1.00. The van der Waals surface area contributed by atoms with Crippen molar-refractivity contribution >= 4 is 50.6 Å². The van der Waals surface area contributed by atoms with E-state index in [0.29, 0.717) is 0 Å². The number of aliphatic hydroxyl groups is 2. The van der Waals surface area contributed by atoms with Crippen LogP contribution < -0.4 is 165 Å². The van der Waals surface area contributed by atoms with E-state index in [9.17, 15) is 64.9 Å². The standard InChI is InChI=1S/C6H15NO9S3.C4H11NO6S2.C2H6O2.C2H4O.7CH4.2H3N.5Na.2H2O/c8-17(9,10)4-1-7(2-5-18(11,12)13)3-6-19(14,15)16;6-12(7,8)3-1-5-2-4-13(9,10)11;3-1-2-4;1-2-3-1;;;;;;;;;;;;;;;;/h1-6H2,(H,8,9,10)(H,11,12,13)(H,14,15,16);5H,1-4H2,(H,6,7,8)(H,9,10,11);3-4H,1-2H2;1-2H2;7*1H4;2*1H3;;;;;;2*1H2/q;;;;;;;;;;;;;5*+1;;/p-5. The molecule has 1 aliphatic rings. The number of epoxide rings is 1. The molecule has 24 nitrogen and oxygen atoms in total. The Balaban J connectivity index is -0.0000000191. The summed E-state index contributed by atoms with van der Waals surface area (Å²) in [6.07, 6.45) is 0. The molecule has 1 saturated heterocycles. The third kappa shape index (κ3) is 157. The Bertz CT molecular complexity index is 1080. The van der Waals surface area contributed by atoms with Crippen molar-refractivity contribution < 1.29 is 239 Å². The second-order valence-corrected chi connectivity index (χ2v) is 14.6. The van der Waals surface area contributed by atoms with Crippen LogP contribution in [0.15, 0.2) is 0 Å². The molecule has 0 atom stereocenters. The Kier molecular flexibility index (Phi) is 152. The van der Waals surface area contributed by atoms with Crippen molar-refractivity contribution in [3.05, 3.63) is 0 Å². The molecular formula is C21H69N4Na5O20S5. The van der Waals surface area contributed by atoms with E-state index in [1.54, 1.807) is 0 Å². The number of ether oxygens (including phenoxy) is 1. The second kappa shape index (κ2) is 67.3. The molecule has 1 rings (SSSR count). The number of nitrogens with zero attached hydrogens (tertiary/aromatic N) is 1. The largest absolute Gasteiger partial charge is 1.00 e. The summed E-state index contributed by atoms with van der Waals surface area (Å²) in [6.45, 7) is 0.0628. The van der Waals surface area contributed by atoms with Gasteiger partial charge in [0, 0.05) is 32.7 Å². The predicted octanol–water partition coefficient (Wildman–Crippen LogP) is -18.3.